The average molecular weight is 266 g/mol. The number of Topliss-reactive ketones (excluding diaryl/α,β-unsaturated/α-hetero) is 1. The van der Waals surface area contributed by atoms with Gasteiger partial charge in [-0.05, 0) is 26.0 Å². The van der Waals surface area contributed by atoms with Gasteiger partial charge in [-0.2, -0.15) is 0 Å². The Morgan fingerprint density at radius 1 is 1.32 bits per heavy atom. The van der Waals surface area contributed by atoms with Gasteiger partial charge in [-0.25, -0.2) is 4.39 Å². The molecule has 0 aliphatic heterocycles. The lowest BCUT2D eigenvalue weighted by atomic mass is 10.2. The molecule has 0 bridgehead atoms. The molecule has 0 unspecified atom stereocenters. The van der Waals surface area contributed by atoms with Crippen LogP contribution in [0.25, 0.3) is 11.0 Å². The summed E-state index contributed by atoms with van der Waals surface area (Å²) in [6.45, 7) is 4.20. The standard InChI is InChI=1S/C14H15FO4/c1-3-17-14(18-4-2)12(16)11-8-9-6-5-7-10(15)13(9)19-11/h5-8,14H,3-4H2,1-2H3. The fourth-order valence-corrected chi connectivity index (χ4v) is 1.77. The number of ether oxygens (including phenoxy) is 2. The predicted molar refractivity (Wildman–Crippen MR) is 67.5 cm³/mol. The van der Waals surface area contributed by atoms with Crippen molar-refractivity contribution in [3.05, 3.63) is 35.8 Å². The monoisotopic (exact) mass is 266 g/mol. The van der Waals surface area contributed by atoms with Gasteiger partial charge < -0.3 is 13.9 Å². The maximum Gasteiger partial charge on any atom is 0.253 e. The van der Waals surface area contributed by atoms with E-state index in [4.69, 9.17) is 13.9 Å². The van der Waals surface area contributed by atoms with E-state index in [-0.39, 0.29) is 11.3 Å². The Morgan fingerprint density at radius 3 is 2.58 bits per heavy atom. The highest BCUT2D eigenvalue weighted by Crippen LogP contribution is 2.23. The summed E-state index contributed by atoms with van der Waals surface area (Å²) in [5, 5.41) is 0.537. The van der Waals surface area contributed by atoms with Crippen molar-refractivity contribution in [1.29, 1.82) is 0 Å². The Morgan fingerprint density at radius 2 is 2.00 bits per heavy atom. The summed E-state index contributed by atoms with van der Waals surface area (Å²) < 4.78 is 29.1. The first-order valence-electron chi connectivity index (χ1n) is 6.12. The molecule has 19 heavy (non-hydrogen) atoms. The third-order valence-corrected chi connectivity index (χ3v) is 2.59. The van der Waals surface area contributed by atoms with Gasteiger partial charge in [0.15, 0.2) is 17.2 Å². The van der Waals surface area contributed by atoms with Crippen LogP contribution < -0.4 is 0 Å². The van der Waals surface area contributed by atoms with Gasteiger partial charge in [0.1, 0.15) is 0 Å². The molecule has 0 atom stereocenters. The first-order valence-corrected chi connectivity index (χ1v) is 6.12. The summed E-state index contributed by atoms with van der Waals surface area (Å²) >= 11 is 0. The second-order valence-electron chi connectivity index (χ2n) is 3.88. The molecule has 0 aliphatic rings. The second-order valence-corrected chi connectivity index (χ2v) is 3.88. The zero-order valence-electron chi connectivity index (χ0n) is 10.8. The van der Waals surface area contributed by atoms with Crippen LogP contribution in [0.3, 0.4) is 0 Å². The van der Waals surface area contributed by atoms with Crippen LogP contribution in [0.4, 0.5) is 4.39 Å². The molecule has 0 saturated carbocycles. The Labute approximate surface area is 110 Å². The summed E-state index contributed by atoms with van der Waals surface area (Å²) in [6, 6.07) is 6.01. The molecular weight excluding hydrogens is 251 g/mol. The number of benzene rings is 1. The zero-order valence-corrected chi connectivity index (χ0v) is 10.8. The number of carbonyl (C=O) groups is 1. The van der Waals surface area contributed by atoms with Gasteiger partial charge in [-0.15, -0.1) is 0 Å². The van der Waals surface area contributed by atoms with Crippen molar-refractivity contribution in [2.45, 2.75) is 20.1 Å². The fourth-order valence-electron chi connectivity index (χ4n) is 1.77. The molecule has 4 nitrogen and oxygen atoms in total. The SMILES string of the molecule is CCOC(OCC)C(=O)c1cc2cccc(F)c2o1. The van der Waals surface area contributed by atoms with E-state index in [1.165, 1.54) is 12.1 Å². The summed E-state index contributed by atoms with van der Waals surface area (Å²) in [5.74, 6) is -0.910. The van der Waals surface area contributed by atoms with Crippen LogP contribution in [-0.4, -0.2) is 25.3 Å². The molecular formula is C14H15FO4. The van der Waals surface area contributed by atoms with E-state index in [1.54, 1.807) is 26.0 Å². The Hall–Kier alpha value is -1.72. The molecule has 1 heterocycles. The number of rotatable bonds is 6. The van der Waals surface area contributed by atoms with E-state index >= 15 is 0 Å². The minimum absolute atomic E-state index is 0.0343. The fraction of sp³-hybridized carbons (Fsp3) is 0.357. The van der Waals surface area contributed by atoms with Gasteiger partial charge >= 0.3 is 0 Å². The van der Waals surface area contributed by atoms with E-state index in [0.717, 1.165) is 0 Å². The number of carbonyl (C=O) groups excluding carboxylic acids is 1. The van der Waals surface area contributed by atoms with Crippen LogP contribution in [0.2, 0.25) is 0 Å². The topological polar surface area (TPSA) is 48.7 Å². The lowest BCUT2D eigenvalue weighted by molar-refractivity contribution is -0.108. The number of para-hydroxylation sites is 1. The molecule has 0 radical (unpaired) electrons. The van der Waals surface area contributed by atoms with Crippen LogP contribution in [-0.2, 0) is 9.47 Å². The summed E-state index contributed by atoms with van der Waals surface area (Å²) in [4.78, 5) is 12.1. The molecule has 1 aromatic heterocycles. The molecule has 1 aromatic carbocycles. The predicted octanol–water partition coefficient (Wildman–Crippen LogP) is 3.15. The molecule has 2 aromatic rings. The molecule has 2 rings (SSSR count). The van der Waals surface area contributed by atoms with Crippen LogP contribution in [0.1, 0.15) is 24.4 Å². The summed E-state index contributed by atoms with van der Waals surface area (Å²) in [6.07, 6.45) is -1.02. The minimum Gasteiger partial charge on any atom is -0.450 e. The number of hydrogen-bond donors (Lipinski definition) is 0. The van der Waals surface area contributed by atoms with E-state index in [0.29, 0.717) is 18.6 Å². The van der Waals surface area contributed by atoms with Crippen LogP contribution in [0.15, 0.2) is 28.7 Å². The largest absolute Gasteiger partial charge is 0.450 e. The third kappa shape index (κ3) is 2.83. The summed E-state index contributed by atoms with van der Waals surface area (Å²) in [7, 11) is 0. The normalized spacial score (nSPS) is 11.4. The highest BCUT2D eigenvalue weighted by Gasteiger charge is 2.24. The lowest BCUT2D eigenvalue weighted by Gasteiger charge is -2.13. The highest BCUT2D eigenvalue weighted by atomic mass is 19.1. The summed E-state index contributed by atoms with van der Waals surface area (Å²) in [5.41, 5.74) is 0.0672. The molecule has 0 N–H and O–H groups in total. The average Bonchev–Trinajstić information content (AvgIpc) is 2.83. The van der Waals surface area contributed by atoms with Crippen LogP contribution in [0.5, 0.6) is 0 Å². The lowest BCUT2D eigenvalue weighted by Crippen LogP contribution is -2.27. The molecule has 0 amide bonds. The number of fused-ring (bicyclic) bond motifs is 1. The highest BCUT2D eigenvalue weighted by molar-refractivity contribution is 5.99. The van der Waals surface area contributed by atoms with Gasteiger partial charge in [0.05, 0.1) is 0 Å². The Bertz CT molecular complexity index is 570. The molecule has 102 valence electrons. The van der Waals surface area contributed by atoms with Gasteiger partial charge in [0, 0.05) is 18.6 Å². The van der Waals surface area contributed by atoms with Crippen molar-refractivity contribution in [2.75, 3.05) is 13.2 Å². The van der Waals surface area contributed by atoms with Crippen molar-refractivity contribution in [2.24, 2.45) is 0 Å². The smallest absolute Gasteiger partial charge is 0.253 e. The second kappa shape index (κ2) is 5.95. The van der Waals surface area contributed by atoms with Gasteiger partial charge in [0.25, 0.3) is 5.78 Å². The van der Waals surface area contributed by atoms with E-state index in [2.05, 4.69) is 0 Å². The molecule has 0 spiro atoms. The quantitative estimate of drug-likeness (QED) is 0.595. The Balaban J connectivity index is 2.32. The van der Waals surface area contributed by atoms with Crippen molar-refractivity contribution in [3.8, 4) is 0 Å². The van der Waals surface area contributed by atoms with Crippen molar-refractivity contribution in [3.63, 3.8) is 0 Å². The van der Waals surface area contributed by atoms with Gasteiger partial charge in [-0.3, -0.25) is 4.79 Å². The third-order valence-electron chi connectivity index (χ3n) is 2.59. The van der Waals surface area contributed by atoms with E-state index in [9.17, 15) is 9.18 Å². The minimum atomic E-state index is -1.02. The molecule has 5 heteroatoms. The van der Waals surface area contributed by atoms with E-state index < -0.39 is 17.9 Å². The van der Waals surface area contributed by atoms with Gasteiger partial charge in [0.2, 0.25) is 6.29 Å². The first kappa shape index (κ1) is 13.7. The van der Waals surface area contributed by atoms with Crippen molar-refractivity contribution in [1.82, 2.24) is 0 Å². The maximum atomic E-state index is 13.5. The van der Waals surface area contributed by atoms with Crippen LogP contribution in [0, 0.1) is 5.82 Å². The maximum absolute atomic E-state index is 13.5. The van der Waals surface area contributed by atoms with E-state index in [1.807, 2.05) is 0 Å². The van der Waals surface area contributed by atoms with Gasteiger partial charge in [-0.1, -0.05) is 12.1 Å². The zero-order chi connectivity index (χ0) is 13.8. The van der Waals surface area contributed by atoms with Crippen molar-refractivity contribution >= 4 is 16.8 Å². The number of halogens is 1. The molecule has 0 saturated heterocycles. The first-order chi connectivity index (χ1) is 9.17. The number of furan rings is 1. The Kier molecular flexibility index (Phi) is 4.29. The number of ketones is 1. The van der Waals surface area contributed by atoms with Crippen molar-refractivity contribution < 1.29 is 23.1 Å². The van der Waals surface area contributed by atoms with Crippen LogP contribution >= 0.6 is 0 Å². The molecule has 0 fully saturated rings. The number of hydrogen-bond acceptors (Lipinski definition) is 4. The molecule has 0 aliphatic carbocycles.